The fourth-order valence-corrected chi connectivity index (χ4v) is 4.61. The summed E-state index contributed by atoms with van der Waals surface area (Å²) in [5.74, 6) is 5.28. The zero-order chi connectivity index (χ0) is 28.4. The van der Waals surface area contributed by atoms with Crippen molar-refractivity contribution in [2.75, 3.05) is 18.7 Å². The van der Waals surface area contributed by atoms with Gasteiger partial charge in [-0.15, -0.1) is 0 Å². The van der Waals surface area contributed by atoms with Gasteiger partial charge >= 0.3 is 11.9 Å². The number of hydrogen-bond donors (Lipinski definition) is 1. The highest BCUT2D eigenvalue weighted by atomic mass is 16.6. The molecular formula is C29H28N6O5. The molecule has 11 nitrogen and oxygen atoms in total. The lowest BCUT2D eigenvalue weighted by molar-refractivity contribution is -0.0562. The summed E-state index contributed by atoms with van der Waals surface area (Å²) < 4.78 is 19.4. The van der Waals surface area contributed by atoms with E-state index in [4.69, 9.17) is 20.1 Å². The van der Waals surface area contributed by atoms with Crippen LogP contribution >= 0.6 is 0 Å². The quantitative estimate of drug-likeness (QED) is 0.210. The van der Waals surface area contributed by atoms with Crippen LogP contribution in [0.2, 0.25) is 0 Å². The zero-order valence-corrected chi connectivity index (χ0v) is 22.3. The van der Waals surface area contributed by atoms with Crippen LogP contribution in [0.15, 0.2) is 61.1 Å². The van der Waals surface area contributed by atoms with Gasteiger partial charge in [-0.3, -0.25) is 5.01 Å². The molecule has 0 unspecified atom stereocenters. The van der Waals surface area contributed by atoms with E-state index >= 15 is 0 Å². The molecule has 2 aromatic heterocycles. The molecule has 1 saturated heterocycles. The number of benzene rings is 2. The minimum atomic E-state index is -0.768. The molecule has 1 fully saturated rings. The highest BCUT2D eigenvalue weighted by Crippen LogP contribution is 2.36. The van der Waals surface area contributed by atoms with Crippen molar-refractivity contribution in [3.63, 3.8) is 0 Å². The predicted molar refractivity (Wildman–Crippen MR) is 145 cm³/mol. The Morgan fingerprint density at radius 2 is 1.70 bits per heavy atom. The van der Waals surface area contributed by atoms with Crippen LogP contribution in [0.25, 0.3) is 11.0 Å². The first kappa shape index (κ1) is 26.8. The number of anilines is 1. The highest BCUT2D eigenvalue weighted by Gasteiger charge is 2.41. The third kappa shape index (κ3) is 5.36. The number of hydrazine groups is 1. The lowest BCUT2D eigenvalue weighted by Crippen LogP contribution is -2.32. The Labute approximate surface area is 230 Å². The standard InChI is InChI=1S/C29H28N6O5/c1-17-4-8-19(9-5-17)28(36)38-15-23-22(40-29(37)20-10-6-18(2)7-11-20)12-24(39-23)35-14-21(13-30)25-26(34(3)31)32-16-33-27(25)35/h4-11,14,16,22-24H,12,15,31H2,1-3H3/t22-,23+,24+/m0/s1. The maximum atomic E-state index is 13.0. The number of aromatic nitrogens is 3. The molecule has 11 heteroatoms. The van der Waals surface area contributed by atoms with Crippen LogP contribution in [0.5, 0.6) is 0 Å². The van der Waals surface area contributed by atoms with Crippen molar-refractivity contribution in [2.24, 2.45) is 5.84 Å². The molecule has 5 rings (SSSR count). The summed E-state index contributed by atoms with van der Waals surface area (Å²) in [6.45, 7) is 3.71. The molecule has 4 aromatic rings. The first-order chi connectivity index (χ1) is 19.2. The maximum absolute atomic E-state index is 13.0. The van der Waals surface area contributed by atoms with E-state index in [-0.39, 0.29) is 13.0 Å². The average Bonchev–Trinajstić information content (AvgIpc) is 3.53. The van der Waals surface area contributed by atoms with Crippen LogP contribution in [0.4, 0.5) is 5.82 Å². The smallest absolute Gasteiger partial charge is 0.338 e. The molecule has 0 radical (unpaired) electrons. The largest absolute Gasteiger partial charge is 0.459 e. The number of rotatable bonds is 7. The number of carbonyl (C=O) groups is 2. The van der Waals surface area contributed by atoms with Gasteiger partial charge in [-0.1, -0.05) is 35.4 Å². The molecule has 204 valence electrons. The molecule has 2 aromatic carbocycles. The third-order valence-electron chi connectivity index (χ3n) is 6.75. The monoisotopic (exact) mass is 540 g/mol. The van der Waals surface area contributed by atoms with E-state index in [1.54, 1.807) is 42.1 Å². The first-order valence-corrected chi connectivity index (χ1v) is 12.7. The second-order valence-electron chi connectivity index (χ2n) is 9.71. The van der Waals surface area contributed by atoms with Gasteiger partial charge in [0.15, 0.2) is 5.82 Å². The van der Waals surface area contributed by atoms with E-state index in [1.807, 2.05) is 38.1 Å². The van der Waals surface area contributed by atoms with E-state index in [1.165, 1.54) is 11.3 Å². The van der Waals surface area contributed by atoms with Crippen molar-refractivity contribution in [2.45, 2.75) is 38.7 Å². The Morgan fingerprint density at radius 3 is 2.30 bits per heavy atom. The SMILES string of the molecule is Cc1ccc(C(=O)OC[C@H]2O[C@@H](n3cc(C#N)c4c(N(C)N)ncnc43)C[C@@H]2OC(=O)c2ccc(C)cc2)cc1. The second-order valence-corrected chi connectivity index (χ2v) is 9.71. The van der Waals surface area contributed by atoms with Crippen LogP contribution in [0.3, 0.4) is 0 Å². The van der Waals surface area contributed by atoms with Gasteiger partial charge in [0.25, 0.3) is 0 Å². The minimum absolute atomic E-state index is 0.148. The molecule has 2 N–H and O–H groups in total. The molecule has 3 heterocycles. The van der Waals surface area contributed by atoms with Crippen LogP contribution in [-0.4, -0.2) is 52.3 Å². The molecule has 0 spiro atoms. The summed E-state index contributed by atoms with van der Waals surface area (Å²) in [4.78, 5) is 34.3. The summed E-state index contributed by atoms with van der Waals surface area (Å²) in [5.41, 5.74) is 3.58. The summed E-state index contributed by atoms with van der Waals surface area (Å²) in [7, 11) is 1.62. The molecule has 0 bridgehead atoms. The summed E-state index contributed by atoms with van der Waals surface area (Å²) in [6, 6.07) is 16.2. The van der Waals surface area contributed by atoms with Gasteiger partial charge < -0.3 is 18.8 Å². The number of nitrogens with zero attached hydrogens (tertiary/aromatic N) is 5. The number of carbonyl (C=O) groups excluding carboxylic acids is 2. The van der Waals surface area contributed by atoms with Gasteiger partial charge in [-0.05, 0) is 38.1 Å². The van der Waals surface area contributed by atoms with Crippen LogP contribution in [-0.2, 0) is 14.2 Å². The minimum Gasteiger partial charge on any atom is -0.459 e. The van der Waals surface area contributed by atoms with Crippen molar-refractivity contribution in [1.29, 1.82) is 5.26 Å². The van der Waals surface area contributed by atoms with Gasteiger partial charge in [-0.25, -0.2) is 25.4 Å². The Kier molecular flexibility index (Phi) is 7.46. The Bertz CT molecular complexity index is 1590. The zero-order valence-electron chi connectivity index (χ0n) is 22.3. The van der Waals surface area contributed by atoms with Crippen molar-refractivity contribution < 1.29 is 23.8 Å². The van der Waals surface area contributed by atoms with E-state index in [2.05, 4.69) is 16.0 Å². The summed E-state index contributed by atoms with van der Waals surface area (Å²) >= 11 is 0. The number of esters is 2. The molecule has 1 aliphatic heterocycles. The number of nitrogens with two attached hydrogens (primary N) is 1. The first-order valence-electron chi connectivity index (χ1n) is 12.7. The van der Waals surface area contributed by atoms with Crippen LogP contribution in [0.1, 0.15) is 50.1 Å². The lowest BCUT2D eigenvalue weighted by Gasteiger charge is -2.19. The maximum Gasteiger partial charge on any atom is 0.338 e. The second kappa shape index (κ2) is 11.1. The molecule has 1 aliphatic rings. The Hall–Kier alpha value is -4.79. The molecule has 40 heavy (non-hydrogen) atoms. The average molecular weight is 541 g/mol. The van der Waals surface area contributed by atoms with E-state index in [9.17, 15) is 14.9 Å². The predicted octanol–water partition coefficient (Wildman–Crippen LogP) is 3.60. The third-order valence-corrected chi connectivity index (χ3v) is 6.75. The number of fused-ring (bicyclic) bond motifs is 1. The van der Waals surface area contributed by atoms with Gasteiger partial charge in [0.1, 0.15) is 43.1 Å². The van der Waals surface area contributed by atoms with Crippen molar-refractivity contribution in [1.82, 2.24) is 14.5 Å². The molecule has 0 saturated carbocycles. The topological polar surface area (TPSA) is 146 Å². The van der Waals surface area contributed by atoms with Crippen molar-refractivity contribution >= 4 is 28.8 Å². The van der Waals surface area contributed by atoms with Crippen molar-refractivity contribution in [3.8, 4) is 6.07 Å². The van der Waals surface area contributed by atoms with E-state index in [0.29, 0.717) is 33.5 Å². The molecule has 0 aliphatic carbocycles. The number of aryl methyl sites for hydroxylation is 2. The Morgan fingerprint density at radius 1 is 1.07 bits per heavy atom. The van der Waals surface area contributed by atoms with Gasteiger partial charge in [0.05, 0.1) is 22.1 Å². The number of hydrogen-bond acceptors (Lipinski definition) is 10. The fourth-order valence-electron chi connectivity index (χ4n) is 4.61. The van der Waals surface area contributed by atoms with Crippen molar-refractivity contribution in [3.05, 3.63) is 88.9 Å². The van der Waals surface area contributed by atoms with Gasteiger partial charge in [0.2, 0.25) is 0 Å². The lowest BCUT2D eigenvalue weighted by atomic mass is 10.1. The molecule has 3 atom stereocenters. The normalized spacial score (nSPS) is 18.3. The van der Waals surface area contributed by atoms with E-state index < -0.39 is 30.4 Å². The molecule has 0 amide bonds. The van der Waals surface area contributed by atoms with Crippen LogP contribution < -0.4 is 10.9 Å². The van der Waals surface area contributed by atoms with Gasteiger partial charge in [-0.2, -0.15) is 5.26 Å². The Balaban J connectivity index is 1.42. The van der Waals surface area contributed by atoms with Crippen LogP contribution in [0, 0.1) is 25.2 Å². The number of ether oxygens (including phenoxy) is 3. The molecular weight excluding hydrogens is 512 g/mol. The summed E-state index contributed by atoms with van der Waals surface area (Å²) in [6.07, 6.45) is 1.01. The van der Waals surface area contributed by atoms with Gasteiger partial charge in [0, 0.05) is 19.7 Å². The fraction of sp³-hybridized carbons (Fsp3) is 0.276. The van der Waals surface area contributed by atoms with E-state index in [0.717, 1.165) is 11.1 Å². The highest BCUT2D eigenvalue weighted by molar-refractivity contribution is 5.93. The summed E-state index contributed by atoms with van der Waals surface area (Å²) in [5, 5.41) is 11.6. The number of nitriles is 1.